The number of rotatable bonds is 37. The lowest BCUT2D eigenvalue weighted by atomic mass is 9.99. The van der Waals surface area contributed by atoms with E-state index in [1.54, 1.807) is 0 Å². The van der Waals surface area contributed by atoms with E-state index < -0.39 is 36.9 Å². The van der Waals surface area contributed by atoms with Gasteiger partial charge in [0.15, 0.2) is 0 Å². The van der Waals surface area contributed by atoms with Crippen molar-refractivity contribution in [3.05, 3.63) is 0 Å². The molecule has 276 valence electrons. The minimum absolute atomic E-state index is 0.375. The highest BCUT2D eigenvalue weighted by molar-refractivity contribution is 5.80. The van der Waals surface area contributed by atoms with Crippen LogP contribution in [0.4, 0.5) is 0 Å². The van der Waals surface area contributed by atoms with E-state index in [0.29, 0.717) is 12.8 Å². The second kappa shape index (κ2) is 35.6. The van der Waals surface area contributed by atoms with Crippen molar-refractivity contribution in [1.82, 2.24) is 5.32 Å². The molecule has 0 aliphatic carbocycles. The van der Waals surface area contributed by atoms with Crippen LogP contribution in [0.3, 0.4) is 0 Å². The monoisotopic (exact) mass is 656 g/mol. The van der Waals surface area contributed by atoms with Crippen molar-refractivity contribution in [2.75, 3.05) is 6.61 Å². The molecule has 0 radical (unpaired) electrons. The van der Waals surface area contributed by atoms with Gasteiger partial charge < -0.3 is 25.7 Å². The molecule has 46 heavy (non-hydrogen) atoms. The Bertz CT molecular complexity index is 618. The SMILES string of the molecule is CCCCCCCCCCCCCCCCCCCCCCCCC(O)C(=O)NC(CO)C(O)C(O)CCCCCCCCCC. The summed E-state index contributed by atoms with van der Waals surface area (Å²) in [5.74, 6) is -0.583. The van der Waals surface area contributed by atoms with Gasteiger partial charge in [-0.2, -0.15) is 0 Å². The lowest BCUT2D eigenvalue weighted by Crippen LogP contribution is -2.53. The van der Waals surface area contributed by atoms with Crippen LogP contribution >= 0.6 is 0 Å². The minimum atomic E-state index is -1.25. The number of aliphatic hydroxyl groups excluding tert-OH is 4. The first-order valence-electron chi connectivity index (χ1n) is 20.4. The Morgan fingerprint density at radius 2 is 0.739 bits per heavy atom. The molecule has 0 saturated heterocycles. The van der Waals surface area contributed by atoms with Crippen LogP contribution in [0.2, 0.25) is 0 Å². The number of carbonyl (C=O) groups excluding carboxylic acids is 1. The van der Waals surface area contributed by atoms with Crippen LogP contribution in [0.25, 0.3) is 0 Å². The molecule has 0 fully saturated rings. The van der Waals surface area contributed by atoms with Gasteiger partial charge in [0.2, 0.25) is 5.91 Å². The molecule has 0 aromatic carbocycles. The third kappa shape index (κ3) is 29.4. The number of hydrogen-bond donors (Lipinski definition) is 5. The van der Waals surface area contributed by atoms with E-state index >= 15 is 0 Å². The van der Waals surface area contributed by atoms with Crippen LogP contribution in [0.5, 0.6) is 0 Å². The number of unbranched alkanes of at least 4 members (excludes halogenated alkanes) is 28. The van der Waals surface area contributed by atoms with Crippen LogP contribution in [-0.4, -0.2) is 57.3 Å². The zero-order valence-corrected chi connectivity index (χ0v) is 30.8. The number of carbonyl (C=O) groups is 1. The second-order valence-electron chi connectivity index (χ2n) is 14.3. The molecular formula is C40H81NO5. The lowest BCUT2D eigenvalue weighted by Gasteiger charge is -2.27. The van der Waals surface area contributed by atoms with Gasteiger partial charge in [-0.05, 0) is 12.8 Å². The first-order valence-corrected chi connectivity index (χ1v) is 20.4. The van der Waals surface area contributed by atoms with Crippen LogP contribution in [-0.2, 0) is 4.79 Å². The van der Waals surface area contributed by atoms with Crippen molar-refractivity contribution in [2.24, 2.45) is 0 Å². The van der Waals surface area contributed by atoms with E-state index in [-0.39, 0.29) is 0 Å². The summed E-state index contributed by atoms with van der Waals surface area (Å²) in [7, 11) is 0. The van der Waals surface area contributed by atoms with Crippen molar-refractivity contribution < 1.29 is 25.2 Å². The van der Waals surface area contributed by atoms with Crippen LogP contribution in [0, 0.1) is 0 Å². The van der Waals surface area contributed by atoms with Gasteiger partial charge in [0.25, 0.3) is 0 Å². The summed E-state index contributed by atoms with van der Waals surface area (Å²) in [5, 5.41) is 43.3. The first kappa shape index (κ1) is 45.3. The smallest absolute Gasteiger partial charge is 0.249 e. The van der Waals surface area contributed by atoms with Gasteiger partial charge in [0.1, 0.15) is 12.2 Å². The van der Waals surface area contributed by atoms with E-state index in [1.165, 1.54) is 154 Å². The number of nitrogens with one attached hydrogen (secondary N) is 1. The number of amides is 1. The third-order valence-corrected chi connectivity index (χ3v) is 9.82. The predicted octanol–water partition coefficient (Wildman–Crippen LogP) is 10.1. The Balaban J connectivity index is 3.62. The standard InChI is InChI=1S/C40H81NO5/c1-3-5-7-9-11-13-14-15-16-17-18-19-20-21-22-23-24-25-26-28-30-32-34-38(44)40(46)41-36(35-42)39(45)37(43)33-31-29-27-12-10-8-6-4-2/h36-39,42-45H,3-35H2,1-2H3,(H,41,46). The summed E-state index contributed by atoms with van der Waals surface area (Å²) >= 11 is 0. The summed E-state index contributed by atoms with van der Waals surface area (Å²) in [6.07, 6.45) is 35.8. The molecule has 0 aromatic heterocycles. The van der Waals surface area contributed by atoms with Gasteiger partial charge in [-0.3, -0.25) is 4.79 Å². The third-order valence-electron chi connectivity index (χ3n) is 9.82. The summed E-state index contributed by atoms with van der Waals surface area (Å²) in [5.41, 5.74) is 0. The van der Waals surface area contributed by atoms with E-state index in [1.807, 2.05) is 0 Å². The van der Waals surface area contributed by atoms with E-state index in [2.05, 4.69) is 19.2 Å². The van der Waals surface area contributed by atoms with Gasteiger partial charge in [0.05, 0.1) is 18.8 Å². The van der Waals surface area contributed by atoms with E-state index in [4.69, 9.17) is 0 Å². The Morgan fingerprint density at radius 3 is 1.04 bits per heavy atom. The number of hydrogen-bond acceptors (Lipinski definition) is 5. The molecular weight excluding hydrogens is 574 g/mol. The maximum absolute atomic E-state index is 12.4. The van der Waals surface area contributed by atoms with Gasteiger partial charge >= 0.3 is 0 Å². The lowest BCUT2D eigenvalue weighted by molar-refractivity contribution is -0.132. The Labute approximate surface area is 286 Å². The normalized spacial score (nSPS) is 14.3. The van der Waals surface area contributed by atoms with Crippen molar-refractivity contribution in [3.8, 4) is 0 Å². The maximum Gasteiger partial charge on any atom is 0.249 e. The van der Waals surface area contributed by atoms with Crippen molar-refractivity contribution in [1.29, 1.82) is 0 Å². The fourth-order valence-electron chi connectivity index (χ4n) is 6.52. The molecule has 6 nitrogen and oxygen atoms in total. The average Bonchev–Trinajstić information content (AvgIpc) is 3.06. The fourth-order valence-corrected chi connectivity index (χ4v) is 6.52. The zero-order chi connectivity index (χ0) is 33.9. The molecule has 5 N–H and O–H groups in total. The molecule has 0 aliphatic heterocycles. The molecule has 0 aromatic rings. The zero-order valence-electron chi connectivity index (χ0n) is 30.8. The van der Waals surface area contributed by atoms with E-state index in [9.17, 15) is 25.2 Å². The molecule has 6 heteroatoms. The van der Waals surface area contributed by atoms with Crippen LogP contribution in [0.1, 0.15) is 219 Å². The van der Waals surface area contributed by atoms with Crippen LogP contribution < -0.4 is 5.32 Å². The molecule has 0 bridgehead atoms. The summed E-state index contributed by atoms with van der Waals surface area (Å²) in [6, 6.07) is -0.976. The molecule has 4 unspecified atom stereocenters. The van der Waals surface area contributed by atoms with Gasteiger partial charge in [-0.15, -0.1) is 0 Å². The molecule has 0 spiro atoms. The highest BCUT2D eigenvalue weighted by Gasteiger charge is 2.28. The van der Waals surface area contributed by atoms with Crippen molar-refractivity contribution >= 4 is 5.91 Å². The van der Waals surface area contributed by atoms with Crippen molar-refractivity contribution in [3.63, 3.8) is 0 Å². The average molecular weight is 656 g/mol. The van der Waals surface area contributed by atoms with Crippen molar-refractivity contribution in [2.45, 2.75) is 244 Å². The highest BCUT2D eigenvalue weighted by Crippen LogP contribution is 2.17. The molecule has 0 rings (SSSR count). The predicted molar refractivity (Wildman–Crippen MR) is 196 cm³/mol. The van der Waals surface area contributed by atoms with E-state index in [0.717, 1.165) is 38.5 Å². The largest absolute Gasteiger partial charge is 0.394 e. The summed E-state index contributed by atoms with van der Waals surface area (Å²) in [4.78, 5) is 12.4. The minimum Gasteiger partial charge on any atom is -0.394 e. The second-order valence-corrected chi connectivity index (χ2v) is 14.3. The van der Waals surface area contributed by atoms with Crippen LogP contribution in [0.15, 0.2) is 0 Å². The Kier molecular flexibility index (Phi) is 35.1. The Hall–Kier alpha value is -0.690. The fraction of sp³-hybridized carbons (Fsp3) is 0.975. The maximum atomic E-state index is 12.4. The summed E-state index contributed by atoms with van der Waals surface area (Å²) in [6.45, 7) is 4.01. The van der Waals surface area contributed by atoms with Gasteiger partial charge in [0, 0.05) is 0 Å². The highest BCUT2D eigenvalue weighted by atomic mass is 16.3. The molecule has 0 saturated carbocycles. The molecule has 0 aliphatic rings. The summed E-state index contributed by atoms with van der Waals surface area (Å²) < 4.78 is 0. The Morgan fingerprint density at radius 1 is 0.457 bits per heavy atom. The number of aliphatic hydroxyl groups is 4. The molecule has 1 amide bonds. The quantitative estimate of drug-likeness (QED) is 0.0428. The first-order chi connectivity index (χ1) is 22.5. The molecule has 0 heterocycles. The topological polar surface area (TPSA) is 110 Å². The van der Waals surface area contributed by atoms with Gasteiger partial charge in [-0.1, -0.05) is 206 Å². The van der Waals surface area contributed by atoms with Gasteiger partial charge in [-0.25, -0.2) is 0 Å². The molecule has 4 atom stereocenters.